The Morgan fingerprint density at radius 2 is 1.58 bits per heavy atom. The zero-order chi connectivity index (χ0) is 17.2. The summed E-state index contributed by atoms with van der Waals surface area (Å²) >= 11 is 0. The Balaban J connectivity index is 1.84. The maximum Gasteiger partial charge on any atom is 0.261 e. The average Bonchev–Trinajstić information content (AvgIpc) is 2.84. The summed E-state index contributed by atoms with van der Waals surface area (Å²) in [5, 5.41) is 8.74. The molecule has 0 radical (unpaired) electrons. The first-order valence-corrected chi connectivity index (χ1v) is 9.50. The lowest BCUT2D eigenvalue weighted by atomic mass is 10.00. The SMILES string of the molecule is Cc1cc(C)n(CC(=O)NN=C2CCCCCCCCCCC2)n1. The Kier molecular flexibility index (Phi) is 7.99. The first-order chi connectivity index (χ1) is 11.6. The molecule has 1 saturated carbocycles. The predicted molar refractivity (Wildman–Crippen MR) is 98.1 cm³/mol. The summed E-state index contributed by atoms with van der Waals surface area (Å²) in [5.74, 6) is -0.0974. The summed E-state index contributed by atoms with van der Waals surface area (Å²) in [6.45, 7) is 4.13. The van der Waals surface area contributed by atoms with Gasteiger partial charge in [-0.05, 0) is 45.6 Å². The first-order valence-electron chi connectivity index (χ1n) is 9.50. The molecule has 0 aromatic carbocycles. The van der Waals surface area contributed by atoms with Crippen molar-refractivity contribution in [1.82, 2.24) is 15.2 Å². The number of carbonyl (C=O) groups excluding carboxylic acids is 1. The van der Waals surface area contributed by atoms with Crippen LogP contribution in [0.2, 0.25) is 0 Å². The molecular formula is C19H32N4O. The van der Waals surface area contributed by atoms with Crippen LogP contribution in [-0.4, -0.2) is 21.4 Å². The molecule has 0 aliphatic heterocycles. The van der Waals surface area contributed by atoms with Gasteiger partial charge in [0.05, 0.1) is 5.69 Å². The van der Waals surface area contributed by atoms with Gasteiger partial charge in [-0.2, -0.15) is 10.2 Å². The molecule has 1 N–H and O–H groups in total. The molecular weight excluding hydrogens is 300 g/mol. The van der Waals surface area contributed by atoms with Crippen molar-refractivity contribution < 1.29 is 4.79 Å². The van der Waals surface area contributed by atoms with E-state index in [-0.39, 0.29) is 12.5 Å². The van der Waals surface area contributed by atoms with Crippen LogP contribution in [-0.2, 0) is 11.3 Å². The minimum atomic E-state index is -0.0974. The van der Waals surface area contributed by atoms with Crippen molar-refractivity contribution in [3.8, 4) is 0 Å². The molecule has 24 heavy (non-hydrogen) atoms. The monoisotopic (exact) mass is 332 g/mol. The van der Waals surface area contributed by atoms with Crippen molar-refractivity contribution in [2.45, 2.75) is 91.0 Å². The molecule has 0 unspecified atom stereocenters. The second-order valence-electron chi connectivity index (χ2n) is 6.98. The van der Waals surface area contributed by atoms with Gasteiger partial charge in [0.2, 0.25) is 0 Å². The summed E-state index contributed by atoms with van der Waals surface area (Å²) in [6, 6.07) is 1.98. The summed E-state index contributed by atoms with van der Waals surface area (Å²) in [7, 11) is 0. The van der Waals surface area contributed by atoms with E-state index >= 15 is 0 Å². The normalized spacial score (nSPS) is 17.7. The van der Waals surface area contributed by atoms with Gasteiger partial charge in [0.1, 0.15) is 6.54 Å². The smallest absolute Gasteiger partial charge is 0.261 e. The standard InChI is InChI=1S/C19H32N4O/c1-16-14-17(2)23(22-16)15-19(24)21-20-18-12-10-8-6-4-3-5-7-9-11-13-18/h14H,3-13,15H2,1-2H3,(H,21,24). The van der Waals surface area contributed by atoms with Crippen LogP contribution in [0, 0.1) is 13.8 Å². The van der Waals surface area contributed by atoms with Gasteiger partial charge in [0.15, 0.2) is 0 Å². The lowest BCUT2D eigenvalue weighted by molar-refractivity contribution is -0.121. The van der Waals surface area contributed by atoms with Crippen LogP contribution in [0.4, 0.5) is 0 Å². The molecule has 0 spiro atoms. The van der Waals surface area contributed by atoms with E-state index in [2.05, 4.69) is 15.6 Å². The highest BCUT2D eigenvalue weighted by atomic mass is 16.2. The van der Waals surface area contributed by atoms with E-state index < -0.39 is 0 Å². The Morgan fingerprint density at radius 1 is 1.04 bits per heavy atom. The van der Waals surface area contributed by atoms with Gasteiger partial charge in [-0.15, -0.1) is 0 Å². The molecule has 1 aliphatic carbocycles. The van der Waals surface area contributed by atoms with Gasteiger partial charge in [-0.1, -0.05) is 44.9 Å². The van der Waals surface area contributed by atoms with Gasteiger partial charge in [0, 0.05) is 11.4 Å². The molecule has 5 nitrogen and oxygen atoms in total. The Morgan fingerprint density at radius 3 is 2.08 bits per heavy atom. The quantitative estimate of drug-likeness (QED) is 0.840. The highest BCUT2D eigenvalue weighted by Gasteiger charge is 2.08. The molecule has 1 amide bonds. The van der Waals surface area contributed by atoms with Crippen LogP contribution in [0.15, 0.2) is 11.2 Å². The lowest BCUT2D eigenvalue weighted by Crippen LogP contribution is -2.25. The third kappa shape index (κ3) is 6.85. The topological polar surface area (TPSA) is 59.3 Å². The van der Waals surface area contributed by atoms with Crippen LogP contribution >= 0.6 is 0 Å². The van der Waals surface area contributed by atoms with Crippen LogP contribution in [0.5, 0.6) is 0 Å². The summed E-state index contributed by atoms with van der Waals surface area (Å²) < 4.78 is 1.73. The second-order valence-corrected chi connectivity index (χ2v) is 6.98. The highest BCUT2D eigenvalue weighted by molar-refractivity contribution is 5.86. The van der Waals surface area contributed by atoms with E-state index in [0.29, 0.717) is 0 Å². The number of hydrogen-bond acceptors (Lipinski definition) is 3. The van der Waals surface area contributed by atoms with E-state index in [4.69, 9.17) is 0 Å². The third-order valence-corrected chi connectivity index (χ3v) is 4.67. The van der Waals surface area contributed by atoms with Gasteiger partial charge < -0.3 is 0 Å². The Labute approximate surface area is 145 Å². The molecule has 1 fully saturated rings. The molecule has 1 heterocycles. The summed E-state index contributed by atoms with van der Waals surface area (Å²) in [6.07, 6.45) is 13.7. The maximum atomic E-state index is 12.1. The van der Waals surface area contributed by atoms with E-state index in [0.717, 1.165) is 29.9 Å². The van der Waals surface area contributed by atoms with E-state index in [1.54, 1.807) is 4.68 Å². The first kappa shape index (κ1) is 18.7. The van der Waals surface area contributed by atoms with Gasteiger partial charge >= 0.3 is 0 Å². The van der Waals surface area contributed by atoms with Crippen molar-refractivity contribution in [2.75, 3.05) is 0 Å². The Hall–Kier alpha value is -1.65. The van der Waals surface area contributed by atoms with Crippen LogP contribution in [0.25, 0.3) is 0 Å². The van der Waals surface area contributed by atoms with Crippen LogP contribution < -0.4 is 5.43 Å². The van der Waals surface area contributed by atoms with Gasteiger partial charge in [-0.25, -0.2) is 5.43 Å². The van der Waals surface area contributed by atoms with Crippen LogP contribution in [0.1, 0.15) is 82.0 Å². The van der Waals surface area contributed by atoms with Gasteiger partial charge in [-0.3, -0.25) is 9.48 Å². The molecule has 0 atom stereocenters. The number of aryl methyl sites for hydroxylation is 2. The van der Waals surface area contributed by atoms with Crippen molar-refractivity contribution in [2.24, 2.45) is 5.10 Å². The fraction of sp³-hybridized carbons (Fsp3) is 0.737. The summed E-state index contributed by atoms with van der Waals surface area (Å²) in [4.78, 5) is 12.1. The summed E-state index contributed by atoms with van der Waals surface area (Å²) in [5.41, 5.74) is 5.83. The molecule has 5 heteroatoms. The predicted octanol–water partition coefficient (Wildman–Crippen LogP) is 4.28. The molecule has 1 aromatic rings. The largest absolute Gasteiger partial charge is 0.271 e. The van der Waals surface area contributed by atoms with E-state index in [9.17, 15) is 4.79 Å². The van der Waals surface area contributed by atoms with Crippen molar-refractivity contribution >= 4 is 11.6 Å². The average molecular weight is 332 g/mol. The number of aromatic nitrogens is 2. The number of hydrogen-bond donors (Lipinski definition) is 1. The van der Waals surface area contributed by atoms with Crippen molar-refractivity contribution in [3.05, 3.63) is 17.5 Å². The van der Waals surface area contributed by atoms with Crippen molar-refractivity contribution in [3.63, 3.8) is 0 Å². The number of rotatable bonds is 3. The number of amides is 1. The number of nitrogens with zero attached hydrogens (tertiary/aromatic N) is 3. The minimum Gasteiger partial charge on any atom is -0.271 e. The fourth-order valence-corrected chi connectivity index (χ4v) is 3.28. The third-order valence-electron chi connectivity index (χ3n) is 4.67. The van der Waals surface area contributed by atoms with E-state index in [1.807, 2.05) is 19.9 Å². The zero-order valence-corrected chi connectivity index (χ0v) is 15.3. The Bertz CT molecular complexity index is 534. The maximum absolute atomic E-state index is 12.1. The molecule has 0 saturated heterocycles. The van der Waals surface area contributed by atoms with E-state index in [1.165, 1.54) is 57.8 Å². The molecule has 134 valence electrons. The highest BCUT2D eigenvalue weighted by Crippen LogP contribution is 2.15. The molecule has 0 bridgehead atoms. The van der Waals surface area contributed by atoms with Crippen molar-refractivity contribution in [1.29, 1.82) is 0 Å². The number of carbonyl (C=O) groups is 1. The second kappa shape index (κ2) is 10.3. The molecule has 1 aromatic heterocycles. The van der Waals surface area contributed by atoms with Crippen LogP contribution in [0.3, 0.4) is 0 Å². The zero-order valence-electron chi connectivity index (χ0n) is 15.3. The van der Waals surface area contributed by atoms with Gasteiger partial charge in [0.25, 0.3) is 5.91 Å². The number of nitrogens with one attached hydrogen (secondary N) is 1. The fourth-order valence-electron chi connectivity index (χ4n) is 3.28. The minimum absolute atomic E-state index is 0.0974. The number of hydrazone groups is 1. The lowest BCUT2D eigenvalue weighted by Gasteiger charge is -2.10. The molecule has 2 rings (SSSR count). The molecule has 1 aliphatic rings.